The quantitative estimate of drug-likeness (QED) is 0.624. The van der Waals surface area contributed by atoms with Crippen LogP contribution in [0.2, 0.25) is 0 Å². The minimum atomic E-state index is -0.0869. The molecule has 5 nitrogen and oxygen atoms in total. The van der Waals surface area contributed by atoms with Crippen molar-refractivity contribution in [2.75, 3.05) is 6.54 Å². The fourth-order valence-corrected chi connectivity index (χ4v) is 3.71. The number of aromatic nitrogens is 1. The summed E-state index contributed by atoms with van der Waals surface area (Å²) in [6.07, 6.45) is 6.02. The fourth-order valence-electron chi connectivity index (χ4n) is 3.71. The number of carbonyl (C=O) groups excluding carboxylic acids is 1. The summed E-state index contributed by atoms with van der Waals surface area (Å²) in [5.74, 6) is 0.642. The number of hydrogen-bond acceptors (Lipinski definition) is 3. The van der Waals surface area contributed by atoms with Crippen molar-refractivity contribution in [2.45, 2.75) is 32.4 Å². The van der Waals surface area contributed by atoms with Crippen molar-refractivity contribution in [3.8, 4) is 0 Å². The molecule has 2 bridgehead atoms. The van der Waals surface area contributed by atoms with Crippen LogP contribution in [0.5, 0.6) is 0 Å². The maximum atomic E-state index is 12.3. The maximum Gasteiger partial charge on any atom is 0.250 e. The van der Waals surface area contributed by atoms with Crippen molar-refractivity contribution < 1.29 is 4.79 Å². The molecule has 118 valence electrons. The van der Waals surface area contributed by atoms with E-state index in [-0.39, 0.29) is 23.4 Å². The Labute approximate surface area is 130 Å². The SMILES string of the molecule is Cc1cccc(=O)n1CCCNC(=O)[C@H]1[C@@H](N)[C@H]2C=C[C@@H]1C2. The van der Waals surface area contributed by atoms with Crippen LogP contribution in [0.4, 0.5) is 0 Å². The summed E-state index contributed by atoms with van der Waals surface area (Å²) in [5, 5.41) is 2.98. The average Bonchev–Trinajstić information content (AvgIpc) is 3.06. The number of pyridine rings is 1. The van der Waals surface area contributed by atoms with E-state index in [0.29, 0.717) is 24.9 Å². The topological polar surface area (TPSA) is 77.1 Å². The second-order valence-electron chi connectivity index (χ2n) is 6.35. The van der Waals surface area contributed by atoms with Gasteiger partial charge in [-0.15, -0.1) is 0 Å². The first kappa shape index (κ1) is 15.0. The summed E-state index contributed by atoms with van der Waals surface area (Å²) in [6, 6.07) is 5.20. The second-order valence-corrected chi connectivity index (χ2v) is 6.35. The molecule has 5 heteroatoms. The lowest BCUT2D eigenvalue weighted by atomic mass is 9.89. The zero-order valence-electron chi connectivity index (χ0n) is 12.9. The fraction of sp³-hybridized carbons (Fsp3) is 0.529. The summed E-state index contributed by atoms with van der Waals surface area (Å²) >= 11 is 0. The van der Waals surface area contributed by atoms with Crippen molar-refractivity contribution in [3.05, 3.63) is 46.4 Å². The van der Waals surface area contributed by atoms with Gasteiger partial charge in [0.1, 0.15) is 0 Å². The highest BCUT2D eigenvalue weighted by molar-refractivity contribution is 5.80. The monoisotopic (exact) mass is 301 g/mol. The number of nitrogens with one attached hydrogen (secondary N) is 1. The van der Waals surface area contributed by atoms with Gasteiger partial charge in [-0.3, -0.25) is 9.59 Å². The number of nitrogens with zero attached hydrogens (tertiary/aromatic N) is 1. The lowest BCUT2D eigenvalue weighted by molar-refractivity contribution is -0.126. The van der Waals surface area contributed by atoms with E-state index in [1.807, 2.05) is 13.0 Å². The Kier molecular flexibility index (Phi) is 4.16. The Morgan fingerprint density at radius 2 is 2.14 bits per heavy atom. The Morgan fingerprint density at radius 1 is 1.36 bits per heavy atom. The molecule has 2 aliphatic rings. The normalized spacial score (nSPS) is 29.0. The van der Waals surface area contributed by atoms with Gasteiger partial charge < -0.3 is 15.6 Å². The molecule has 1 fully saturated rings. The van der Waals surface area contributed by atoms with Gasteiger partial charge in [-0.05, 0) is 37.7 Å². The van der Waals surface area contributed by atoms with E-state index in [9.17, 15) is 9.59 Å². The highest BCUT2D eigenvalue weighted by Gasteiger charge is 2.46. The average molecular weight is 301 g/mol. The molecular formula is C17H23N3O2. The van der Waals surface area contributed by atoms with E-state index in [0.717, 1.165) is 18.5 Å². The molecule has 0 aliphatic heterocycles. The molecule has 0 radical (unpaired) electrons. The third-order valence-corrected chi connectivity index (χ3v) is 4.95. The van der Waals surface area contributed by atoms with E-state index in [4.69, 9.17) is 5.73 Å². The van der Waals surface area contributed by atoms with Crippen LogP contribution < -0.4 is 16.6 Å². The molecule has 0 spiro atoms. The third-order valence-electron chi connectivity index (χ3n) is 4.95. The van der Waals surface area contributed by atoms with Gasteiger partial charge in [0.25, 0.3) is 5.56 Å². The number of amides is 1. The molecule has 1 saturated carbocycles. The molecule has 4 atom stereocenters. The number of rotatable bonds is 5. The van der Waals surface area contributed by atoms with Crippen molar-refractivity contribution in [1.82, 2.24) is 9.88 Å². The maximum absolute atomic E-state index is 12.3. The van der Waals surface area contributed by atoms with Crippen LogP contribution in [-0.4, -0.2) is 23.1 Å². The Balaban J connectivity index is 1.49. The smallest absolute Gasteiger partial charge is 0.250 e. The predicted octanol–water partition coefficient (Wildman–Crippen LogP) is 0.812. The molecule has 22 heavy (non-hydrogen) atoms. The first-order valence-corrected chi connectivity index (χ1v) is 7.96. The number of carbonyl (C=O) groups is 1. The van der Waals surface area contributed by atoms with Gasteiger partial charge in [0.2, 0.25) is 5.91 Å². The molecule has 1 aromatic rings. The largest absolute Gasteiger partial charge is 0.356 e. The van der Waals surface area contributed by atoms with Gasteiger partial charge in [0.05, 0.1) is 5.92 Å². The van der Waals surface area contributed by atoms with Crippen molar-refractivity contribution in [1.29, 1.82) is 0 Å². The van der Waals surface area contributed by atoms with E-state index in [1.165, 1.54) is 0 Å². The van der Waals surface area contributed by atoms with Crippen LogP contribution in [0.15, 0.2) is 35.1 Å². The zero-order valence-corrected chi connectivity index (χ0v) is 12.9. The van der Waals surface area contributed by atoms with Crippen molar-refractivity contribution >= 4 is 5.91 Å². The first-order valence-electron chi connectivity index (χ1n) is 7.96. The molecule has 1 amide bonds. The highest BCUT2D eigenvalue weighted by atomic mass is 16.2. The number of aryl methyl sites for hydroxylation is 1. The first-order chi connectivity index (χ1) is 10.6. The van der Waals surface area contributed by atoms with Crippen LogP contribution >= 0.6 is 0 Å². The van der Waals surface area contributed by atoms with Crippen molar-refractivity contribution in [3.63, 3.8) is 0 Å². The summed E-state index contributed by atoms with van der Waals surface area (Å²) in [6.45, 7) is 3.11. The van der Waals surface area contributed by atoms with Crippen LogP contribution in [0, 0.1) is 24.7 Å². The van der Waals surface area contributed by atoms with E-state index in [2.05, 4.69) is 17.5 Å². The minimum Gasteiger partial charge on any atom is -0.356 e. The molecule has 0 aromatic carbocycles. The molecule has 1 heterocycles. The lowest BCUT2D eigenvalue weighted by Crippen LogP contribution is -2.44. The van der Waals surface area contributed by atoms with Crippen LogP contribution in [0.3, 0.4) is 0 Å². The summed E-state index contributed by atoms with van der Waals surface area (Å²) in [7, 11) is 0. The predicted molar refractivity (Wildman–Crippen MR) is 85.3 cm³/mol. The molecule has 2 aliphatic carbocycles. The van der Waals surface area contributed by atoms with E-state index in [1.54, 1.807) is 16.7 Å². The van der Waals surface area contributed by atoms with Gasteiger partial charge in [0, 0.05) is 30.9 Å². The summed E-state index contributed by atoms with van der Waals surface area (Å²) in [5.41, 5.74) is 7.09. The van der Waals surface area contributed by atoms with E-state index < -0.39 is 0 Å². The van der Waals surface area contributed by atoms with Gasteiger partial charge in [-0.2, -0.15) is 0 Å². The molecule has 0 unspecified atom stereocenters. The van der Waals surface area contributed by atoms with Crippen LogP contribution in [0.1, 0.15) is 18.5 Å². The molecule has 0 saturated heterocycles. The van der Waals surface area contributed by atoms with Gasteiger partial charge in [0.15, 0.2) is 0 Å². The third kappa shape index (κ3) is 2.73. The molecule has 3 N–H and O–H groups in total. The van der Waals surface area contributed by atoms with E-state index >= 15 is 0 Å². The molecule has 3 rings (SSSR count). The Hall–Kier alpha value is -1.88. The molecular weight excluding hydrogens is 278 g/mol. The Bertz CT molecular complexity index is 650. The minimum absolute atomic E-state index is 0.00610. The highest BCUT2D eigenvalue weighted by Crippen LogP contribution is 2.42. The summed E-state index contributed by atoms with van der Waals surface area (Å²) in [4.78, 5) is 24.1. The number of fused-ring (bicyclic) bond motifs is 2. The second kappa shape index (κ2) is 6.08. The standard InChI is InChI=1S/C17H23N3O2/c1-11-4-2-5-14(21)20(11)9-3-8-19-17(22)15-12-6-7-13(10-12)16(15)18/h2,4-7,12-13,15-16H,3,8-10,18H2,1H3,(H,19,22)/t12-,13+,15-,16+/m1/s1. The lowest BCUT2D eigenvalue weighted by Gasteiger charge is -2.23. The number of hydrogen-bond donors (Lipinski definition) is 2. The van der Waals surface area contributed by atoms with Gasteiger partial charge in [-0.1, -0.05) is 18.2 Å². The summed E-state index contributed by atoms with van der Waals surface area (Å²) < 4.78 is 1.73. The van der Waals surface area contributed by atoms with Crippen LogP contribution in [-0.2, 0) is 11.3 Å². The Morgan fingerprint density at radius 3 is 2.82 bits per heavy atom. The molecule has 1 aromatic heterocycles. The van der Waals surface area contributed by atoms with Gasteiger partial charge >= 0.3 is 0 Å². The number of nitrogens with two attached hydrogens (primary N) is 1. The zero-order chi connectivity index (χ0) is 15.7. The van der Waals surface area contributed by atoms with Gasteiger partial charge in [-0.25, -0.2) is 0 Å². The number of allylic oxidation sites excluding steroid dienone is 1. The van der Waals surface area contributed by atoms with Crippen molar-refractivity contribution in [2.24, 2.45) is 23.5 Å². The van der Waals surface area contributed by atoms with Crippen LogP contribution in [0.25, 0.3) is 0 Å².